The maximum Gasteiger partial charge on any atom is 0.410 e. The summed E-state index contributed by atoms with van der Waals surface area (Å²) < 4.78 is 5.40. The van der Waals surface area contributed by atoms with E-state index < -0.39 is 11.1 Å². The third kappa shape index (κ3) is 3.50. The molecular weight excluding hydrogens is 323 g/mol. The largest absolute Gasteiger partial charge is 0.444 e. The van der Waals surface area contributed by atoms with Crippen LogP contribution in [-0.4, -0.2) is 29.7 Å². The van der Waals surface area contributed by atoms with Crippen LogP contribution in [0.4, 0.5) is 4.79 Å². The molecule has 0 aromatic heterocycles. The minimum Gasteiger partial charge on any atom is -0.444 e. The van der Waals surface area contributed by atoms with E-state index in [1.165, 1.54) is 0 Å². The van der Waals surface area contributed by atoms with Crippen LogP contribution in [0.25, 0.3) is 0 Å². The predicted octanol–water partition coefficient (Wildman–Crippen LogP) is 4.10. The molecule has 0 bridgehead atoms. The molecule has 22 heavy (non-hydrogen) atoms. The molecule has 0 aliphatic carbocycles. The van der Waals surface area contributed by atoms with Crippen LogP contribution in [0.3, 0.4) is 0 Å². The highest BCUT2D eigenvalue weighted by Gasteiger charge is 2.41. The second kappa shape index (κ2) is 5.91. The number of amides is 1. The predicted molar refractivity (Wildman–Crippen MR) is 89.5 cm³/mol. The molecule has 0 radical (unpaired) electrons. The second-order valence-electron chi connectivity index (χ2n) is 6.87. The molecule has 1 unspecified atom stereocenters. The first-order chi connectivity index (χ1) is 10.0. The molecule has 2 rings (SSSR count). The van der Waals surface area contributed by atoms with Gasteiger partial charge in [-0.3, -0.25) is 0 Å². The van der Waals surface area contributed by atoms with Crippen molar-refractivity contribution in [1.29, 1.82) is 0 Å². The van der Waals surface area contributed by atoms with Crippen molar-refractivity contribution in [2.75, 3.05) is 13.1 Å². The molecular formula is C16H22Cl2N2O2. The van der Waals surface area contributed by atoms with E-state index in [0.29, 0.717) is 29.6 Å². The van der Waals surface area contributed by atoms with Gasteiger partial charge in [-0.25, -0.2) is 4.79 Å². The van der Waals surface area contributed by atoms with Gasteiger partial charge in [0.1, 0.15) is 5.60 Å². The van der Waals surface area contributed by atoms with Gasteiger partial charge in [-0.15, -0.1) is 0 Å². The molecule has 0 saturated carbocycles. The van der Waals surface area contributed by atoms with Crippen LogP contribution in [0, 0.1) is 6.92 Å². The number of carbonyl (C=O) groups is 1. The smallest absolute Gasteiger partial charge is 0.410 e. The highest BCUT2D eigenvalue weighted by atomic mass is 35.5. The first kappa shape index (κ1) is 17.4. The highest BCUT2D eigenvalue weighted by molar-refractivity contribution is 6.43. The van der Waals surface area contributed by atoms with Crippen LogP contribution in [0.5, 0.6) is 0 Å². The Morgan fingerprint density at radius 3 is 2.55 bits per heavy atom. The van der Waals surface area contributed by atoms with Crippen LogP contribution in [-0.2, 0) is 10.3 Å². The summed E-state index contributed by atoms with van der Waals surface area (Å²) in [5, 5.41) is 0.981. The molecule has 1 saturated heterocycles. The van der Waals surface area contributed by atoms with Crippen molar-refractivity contribution >= 4 is 29.3 Å². The van der Waals surface area contributed by atoms with Crippen molar-refractivity contribution in [3.05, 3.63) is 33.3 Å². The fourth-order valence-corrected chi connectivity index (χ4v) is 3.13. The number of ether oxygens (including phenoxy) is 1. The van der Waals surface area contributed by atoms with Gasteiger partial charge in [-0.05, 0) is 45.2 Å². The topological polar surface area (TPSA) is 55.6 Å². The highest BCUT2D eigenvalue weighted by Crippen LogP contribution is 2.38. The Balaban J connectivity index is 2.21. The zero-order valence-corrected chi connectivity index (χ0v) is 14.9. The number of benzene rings is 1. The molecule has 0 spiro atoms. The van der Waals surface area contributed by atoms with Gasteiger partial charge in [0, 0.05) is 13.1 Å². The van der Waals surface area contributed by atoms with Gasteiger partial charge in [-0.1, -0.05) is 35.3 Å². The quantitative estimate of drug-likeness (QED) is 0.834. The Bertz CT molecular complexity index is 599. The summed E-state index contributed by atoms with van der Waals surface area (Å²) in [4.78, 5) is 13.8. The molecule has 1 aliphatic rings. The van der Waals surface area contributed by atoms with Gasteiger partial charge in [-0.2, -0.15) is 0 Å². The van der Waals surface area contributed by atoms with Crippen LogP contribution < -0.4 is 5.73 Å². The zero-order chi connectivity index (χ0) is 16.7. The monoisotopic (exact) mass is 344 g/mol. The minimum absolute atomic E-state index is 0.353. The lowest BCUT2D eigenvalue weighted by atomic mass is 9.89. The normalized spacial score (nSPS) is 22.0. The average molecular weight is 345 g/mol. The number of carbonyl (C=O) groups excluding carboxylic acids is 1. The Hall–Kier alpha value is -0.970. The fraction of sp³-hybridized carbons (Fsp3) is 0.562. The summed E-state index contributed by atoms with van der Waals surface area (Å²) in [6.07, 6.45) is 0.264. The van der Waals surface area contributed by atoms with Gasteiger partial charge in [0.15, 0.2) is 0 Å². The minimum atomic E-state index is -0.703. The first-order valence-electron chi connectivity index (χ1n) is 7.25. The average Bonchev–Trinajstić information content (AvgIpc) is 2.78. The number of rotatable bonds is 1. The number of likely N-dealkylation sites (tertiary alicyclic amines) is 1. The molecule has 1 heterocycles. The molecule has 1 aromatic rings. The number of nitrogens with zero attached hydrogens (tertiary/aromatic N) is 1. The van der Waals surface area contributed by atoms with Crippen molar-refractivity contribution in [2.24, 2.45) is 5.73 Å². The van der Waals surface area contributed by atoms with Crippen molar-refractivity contribution in [3.63, 3.8) is 0 Å². The van der Waals surface area contributed by atoms with Crippen LogP contribution in [0.15, 0.2) is 12.1 Å². The Labute approximate surface area is 141 Å². The number of aryl methyl sites for hydroxylation is 1. The molecule has 1 amide bonds. The Morgan fingerprint density at radius 2 is 1.95 bits per heavy atom. The van der Waals surface area contributed by atoms with Crippen molar-refractivity contribution < 1.29 is 9.53 Å². The lowest BCUT2D eigenvalue weighted by Gasteiger charge is -2.28. The van der Waals surface area contributed by atoms with E-state index in [1.54, 1.807) is 4.90 Å². The standard InChI is InChI=1S/C16H22Cl2N2O2/c1-10-5-6-11(13(18)12(10)17)16(19)7-8-20(9-16)14(21)22-15(2,3)4/h5-6H,7-9,19H2,1-4H3. The maximum atomic E-state index is 12.2. The Morgan fingerprint density at radius 1 is 1.32 bits per heavy atom. The van der Waals surface area contributed by atoms with E-state index >= 15 is 0 Å². The number of hydrogen-bond acceptors (Lipinski definition) is 3. The van der Waals surface area contributed by atoms with E-state index in [9.17, 15) is 4.79 Å². The van der Waals surface area contributed by atoms with Gasteiger partial charge in [0.2, 0.25) is 0 Å². The Kier molecular flexibility index (Phi) is 4.67. The van der Waals surface area contributed by atoms with Gasteiger partial charge in [0.05, 0.1) is 15.6 Å². The lowest BCUT2D eigenvalue weighted by molar-refractivity contribution is 0.0284. The van der Waals surface area contributed by atoms with E-state index in [2.05, 4.69) is 0 Å². The van der Waals surface area contributed by atoms with Gasteiger partial charge >= 0.3 is 6.09 Å². The summed E-state index contributed by atoms with van der Waals surface area (Å²) in [7, 11) is 0. The summed E-state index contributed by atoms with van der Waals surface area (Å²) in [5.74, 6) is 0. The zero-order valence-electron chi connectivity index (χ0n) is 13.4. The van der Waals surface area contributed by atoms with Crippen molar-refractivity contribution in [3.8, 4) is 0 Å². The molecule has 2 N–H and O–H groups in total. The molecule has 1 aliphatic heterocycles. The van der Waals surface area contributed by atoms with Crippen molar-refractivity contribution in [2.45, 2.75) is 45.3 Å². The first-order valence-corrected chi connectivity index (χ1v) is 8.01. The van der Waals surface area contributed by atoms with Crippen LogP contribution in [0.2, 0.25) is 10.0 Å². The number of nitrogens with two attached hydrogens (primary N) is 1. The molecule has 1 fully saturated rings. The van der Waals surface area contributed by atoms with Gasteiger partial charge in [0.25, 0.3) is 0 Å². The van der Waals surface area contributed by atoms with Crippen LogP contribution >= 0.6 is 23.2 Å². The fourth-order valence-electron chi connectivity index (χ4n) is 2.57. The molecule has 6 heteroatoms. The summed E-state index contributed by atoms with van der Waals surface area (Å²) >= 11 is 12.6. The third-order valence-corrected chi connectivity index (χ3v) is 4.74. The van der Waals surface area contributed by atoms with E-state index in [4.69, 9.17) is 33.7 Å². The number of hydrogen-bond donors (Lipinski definition) is 1. The SMILES string of the molecule is Cc1ccc(C2(N)CCN(C(=O)OC(C)(C)C)C2)c(Cl)c1Cl. The third-order valence-electron chi connectivity index (χ3n) is 3.76. The molecule has 1 aromatic carbocycles. The van der Waals surface area contributed by atoms with E-state index in [0.717, 1.165) is 11.1 Å². The van der Waals surface area contributed by atoms with Crippen LogP contribution in [0.1, 0.15) is 38.3 Å². The second-order valence-corrected chi connectivity index (χ2v) is 7.62. The van der Waals surface area contributed by atoms with E-state index in [-0.39, 0.29) is 6.09 Å². The summed E-state index contributed by atoms with van der Waals surface area (Å²) in [6, 6.07) is 3.79. The lowest BCUT2D eigenvalue weighted by Crippen LogP contribution is -2.42. The molecule has 4 nitrogen and oxygen atoms in total. The molecule has 122 valence electrons. The summed E-state index contributed by atoms with van der Waals surface area (Å²) in [6.45, 7) is 8.31. The van der Waals surface area contributed by atoms with Gasteiger partial charge < -0.3 is 15.4 Å². The number of halogens is 2. The summed E-state index contributed by atoms with van der Waals surface area (Å²) in [5.41, 5.74) is 6.95. The molecule has 1 atom stereocenters. The van der Waals surface area contributed by atoms with E-state index in [1.807, 2.05) is 39.8 Å². The van der Waals surface area contributed by atoms with Crippen molar-refractivity contribution in [1.82, 2.24) is 4.90 Å². The maximum absolute atomic E-state index is 12.2.